The van der Waals surface area contributed by atoms with E-state index in [0.29, 0.717) is 11.1 Å². The van der Waals surface area contributed by atoms with Crippen molar-refractivity contribution in [1.29, 1.82) is 0 Å². The molecule has 4 heterocycles. The van der Waals surface area contributed by atoms with Crippen LogP contribution < -0.4 is 16.6 Å². The molecule has 0 saturated carbocycles. The summed E-state index contributed by atoms with van der Waals surface area (Å²) in [4.78, 5) is 57.8. The summed E-state index contributed by atoms with van der Waals surface area (Å²) < 4.78 is 31.4. The predicted molar refractivity (Wildman–Crippen MR) is 154 cm³/mol. The van der Waals surface area contributed by atoms with Gasteiger partial charge in [0.15, 0.2) is 6.23 Å². The zero-order chi connectivity index (χ0) is 32.5. The molecule has 15 heteroatoms. The molecule has 2 amide bonds. The van der Waals surface area contributed by atoms with Crippen molar-refractivity contribution in [3.8, 4) is 0 Å². The lowest BCUT2D eigenvalue weighted by Gasteiger charge is -2.32. The molecule has 3 aliphatic rings. The Balaban J connectivity index is 1.55. The molecule has 246 valence electrons. The highest BCUT2D eigenvalue weighted by atomic mass is 16.7. The van der Waals surface area contributed by atoms with E-state index >= 15 is 0 Å². The van der Waals surface area contributed by atoms with Gasteiger partial charge in [0.05, 0.1) is 37.4 Å². The number of hydroxylamine groups is 2. The van der Waals surface area contributed by atoms with E-state index in [-0.39, 0.29) is 25.4 Å². The van der Waals surface area contributed by atoms with Crippen LogP contribution in [0.25, 0.3) is 0 Å². The zero-order valence-electron chi connectivity index (χ0n) is 26.3. The predicted octanol–water partition coefficient (Wildman–Crippen LogP) is -0.445. The van der Waals surface area contributed by atoms with Gasteiger partial charge in [-0.25, -0.2) is 4.79 Å². The van der Waals surface area contributed by atoms with E-state index in [9.17, 15) is 24.3 Å². The van der Waals surface area contributed by atoms with Gasteiger partial charge in [-0.1, -0.05) is 6.08 Å². The number of nitrogens with one attached hydrogen (secondary N) is 2. The molecule has 0 spiro atoms. The lowest BCUT2D eigenvalue weighted by atomic mass is 9.90. The number of aromatic nitrogens is 2. The number of aryl methyl sites for hydroxylation is 1. The minimum atomic E-state index is -1.19. The maximum absolute atomic E-state index is 12.7. The molecule has 9 atom stereocenters. The molecule has 0 bridgehead atoms. The molecular formula is C29H44N4O11. The van der Waals surface area contributed by atoms with Gasteiger partial charge in [0.1, 0.15) is 36.6 Å². The molecule has 44 heavy (non-hydrogen) atoms. The van der Waals surface area contributed by atoms with Crippen LogP contribution in [0.5, 0.6) is 0 Å². The van der Waals surface area contributed by atoms with E-state index in [1.54, 1.807) is 20.9 Å². The number of carbonyl (C=O) groups is 2. The minimum absolute atomic E-state index is 0.0651. The van der Waals surface area contributed by atoms with Crippen molar-refractivity contribution in [2.45, 2.75) is 103 Å². The number of aliphatic hydroxyl groups excluding tert-OH is 1. The quantitative estimate of drug-likeness (QED) is 0.202. The average Bonchev–Trinajstić information content (AvgIpc) is 3.46. The molecule has 3 N–H and O–H groups in total. The summed E-state index contributed by atoms with van der Waals surface area (Å²) in [7, 11) is 3.11. The first-order valence-electron chi connectivity index (χ1n) is 14.7. The molecule has 15 nitrogen and oxygen atoms in total. The lowest BCUT2D eigenvalue weighted by Crippen LogP contribution is -2.51. The Morgan fingerprint density at radius 1 is 1.02 bits per heavy atom. The molecule has 4 rings (SSSR count). The van der Waals surface area contributed by atoms with Crippen LogP contribution in [-0.4, -0.2) is 114 Å². The van der Waals surface area contributed by atoms with Gasteiger partial charge < -0.3 is 28.8 Å². The number of amides is 2. The monoisotopic (exact) mass is 624 g/mol. The number of aromatic amines is 1. The lowest BCUT2D eigenvalue weighted by molar-refractivity contribution is -0.221. The number of ether oxygens (including phenoxy) is 5. The number of likely N-dealkylation sites (N-methyl/N-ethyl adjacent to an activating group) is 1. The Labute approximate surface area is 255 Å². The van der Waals surface area contributed by atoms with Crippen LogP contribution in [0, 0.1) is 12.8 Å². The van der Waals surface area contributed by atoms with Gasteiger partial charge in [0.2, 0.25) is 5.91 Å². The van der Waals surface area contributed by atoms with Gasteiger partial charge >= 0.3 is 5.69 Å². The molecule has 2 saturated heterocycles. The fourth-order valence-corrected chi connectivity index (χ4v) is 5.76. The van der Waals surface area contributed by atoms with E-state index in [2.05, 4.69) is 10.3 Å². The van der Waals surface area contributed by atoms with Crippen LogP contribution in [0.1, 0.15) is 46.4 Å². The van der Waals surface area contributed by atoms with Gasteiger partial charge in [-0.15, -0.1) is 0 Å². The Kier molecular flexibility index (Phi) is 11.0. The Morgan fingerprint density at radius 2 is 1.73 bits per heavy atom. The summed E-state index contributed by atoms with van der Waals surface area (Å²) in [5.74, 6) is -1.95. The Hall–Kier alpha value is -2.76. The van der Waals surface area contributed by atoms with Crippen molar-refractivity contribution < 1.29 is 43.2 Å². The third kappa shape index (κ3) is 7.21. The van der Waals surface area contributed by atoms with E-state index in [1.807, 2.05) is 27.7 Å². The second kappa shape index (κ2) is 14.1. The van der Waals surface area contributed by atoms with E-state index in [0.717, 1.165) is 0 Å². The summed E-state index contributed by atoms with van der Waals surface area (Å²) >= 11 is 0. The first-order valence-corrected chi connectivity index (χ1v) is 14.7. The highest BCUT2D eigenvalue weighted by Gasteiger charge is 2.52. The zero-order valence-corrected chi connectivity index (χ0v) is 26.3. The Bertz CT molecular complexity index is 1340. The van der Waals surface area contributed by atoms with E-state index in [4.69, 9.17) is 28.5 Å². The fourth-order valence-electron chi connectivity index (χ4n) is 5.76. The number of aliphatic hydroxyl groups is 1. The van der Waals surface area contributed by atoms with Crippen LogP contribution in [0.3, 0.4) is 0 Å². The normalized spacial score (nSPS) is 32.6. The van der Waals surface area contributed by atoms with Crippen molar-refractivity contribution in [2.24, 2.45) is 5.92 Å². The number of imide groups is 1. The van der Waals surface area contributed by atoms with Gasteiger partial charge in [-0.2, -0.15) is 5.06 Å². The maximum Gasteiger partial charge on any atom is 0.330 e. The fraction of sp³-hybridized carbons (Fsp3) is 0.724. The van der Waals surface area contributed by atoms with Crippen LogP contribution in [0.2, 0.25) is 0 Å². The largest absolute Gasteiger partial charge is 0.389 e. The average molecular weight is 625 g/mol. The van der Waals surface area contributed by atoms with Crippen molar-refractivity contribution in [3.63, 3.8) is 0 Å². The van der Waals surface area contributed by atoms with E-state index in [1.165, 1.54) is 29.0 Å². The van der Waals surface area contributed by atoms with Crippen molar-refractivity contribution in [2.75, 3.05) is 27.4 Å². The maximum atomic E-state index is 12.7. The molecule has 1 aromatic heterocycles. The van der Waals surface area contributed by atoms with Crippen LogP contribution in [0.4, 0.5) is 0 Å². The number of H-pyrrole nitrogens is 1. The summed E-state index contributed by atoms with van der Waals surface area (Å²) in [5.41, 5.74) is -0.478. The highest BCUT2D eigenvalue weighted by molar-refractivity contribution is 6.08. The number of hydrogen-bond acceptors (Lipinski definition) is 12. The summed E-state index contributed by atoms with van der Waals surface area (Å²) in [6.45, 7) is 10.7. The molecular weight excluding hydrogens is 580 g/mol. The second-order valence-corrected chi connectivity index (χ2v) is 11.9. The number of nitrogens with zero attached hydrogens (tertiary/aromatic N) is 2. The van der Waals surface area contributed by atoms with Gasteiger partial charge in [0, 0.05) is 31.5 Å². The molecule has 1 aromatic rings. The summed E-state index contributed by atoms with van der Waals surface area (Å²) in [6, 6.07) is -0.762. The number of methoxy groups -OCH3 is 1. The van der Waals surface area contributed by atoms with Crippen LogP contribution in [0.15, 0.2) is 27.4 Å². The minimum Gasteiger partial charge on any atom is -0.389 e. The third-order valence-electron chi connectivity index (χ3n) is 7.94. The first-order chi connectivity index (χ1) is 20.7. The first kappa shape index (κ1) is 34.1. The van der Waals surface area contributed by atoms with Gasteiger partial charge in [-0.05, 0) is 41.5 Å². The molecule has 0 radical (unpaired) electrons. The molecule has 0 aromatic carbocycles. The van der Waals surface area contributed by atoms with Crippen molar-refractivity contribution >= 4 is 11.8 Å². The number of carbonyl (C=O) groups excluding carboxylic acids is 2. The SMILES string of the molecule is COC1[C@@H](OC(C)C)[C@@H](CON(C)[C@@H]2C(O)[C@H](C3C=C(C)C(=O)NC3=O)O[C@@H]2COC(C)C)O[C@H]1n1cc(C)c(=O)[nH]c1=O. The summed E-state index contributed by atoms with van der Waals surface area (Å²) in [5, 5.41) is 15.2. The number of rotatable bonds is 12. The smallest absolute Gasteiger partial charge is 0.330 e. The van der Waals surface area contributed by atoms with E-state index < -0.39 is 77.9 Å². The van der Waals surface area contributed by atoms with Crippen molar-refractivity contribution in [1.82, 2.24) is 19.9 Å². The van der Waals surface area contributed by atoms with Gasteiger partial charge in [0.25, 0.3) is 11.5 Å². The molecule has 3 unspecified atom stereocenters. The number of hydrogen-bond donors (Lipinski definition) is 3. The highest BCUT2D eigenvalue weighted by Crippen LogP contribution is 2.35. The molecule has 2 fully saturated rings. The second-order valence-electron chi connectivity index (χ2n) is 11.9. The summed E-state index contributed by atoms with van der Waals surface area (Å²) in [6.07, 6.45) is -3.30. The van der Waals surface area contributed by atoms with Crippen molar-refractivity contribution in [3.05, 3.63) is 44.2 Å². The van der Waals surface area contributed by atoms with Crippen LogP contribution >= 0.6 is 0 Å². The third-order valence-corrected chi connectivity index (χ3v) is 7.94. The van der Waals surface area contributed by atoms with Crippen LogP contribution in [-0.2, 0) is 38.1 Å². The standard InChI is InChI=1S/C29H44N4O11/c1-13(2)40-11-18-20(21(34)22(43-18)17-9-15(5)25(35)30-27(17)37)32(7)41-12-19-23(42-14(3)4)24(39-8)28(44-19)33-10-16(6)26(36)31-29(33)38/h9-10,13-14,17-24,28,34H,11-12H2,1-8H3,(H,30,35,37)(H,31,36,38)/t17?,18-,19-,20+,21?,22+,23+,24?,28-/m1/s1. The van der Waals surface area contributed by atoms with Gasteiger partial charge in [-0.3, -0.25) is 34.1 Å². The Morgan fingerprint density at radius 3 is 2.36 bits per heavy atom. The molecule has 3 aliphatic heterocycles. The molecule has 0 aliphatic carbocycles. The topological polar surface area (TPSA) is 180 Å².